The molecule has 0 aromatic rings. The van der Waals surface area contributed by atoms with E-state index < -0.39 is 17.4 Å². The Labute approximate surface area is 123 Å². The molecule has 2 aliphatic heterocycles. The molecule has 3 rings (SSSR count). The van der Waals surface area contributed by atoms with Gasteiger partial charge in [0.2, 0.25) is 11.8 Å². The minimum Gasteiger partial charge on any atom is -0.481 e. The van der Waals surface area contributed by atoms with Gasteiger partial charge in [-0.3, -0.25) is 19.3 Å². The number of nitrogens with zero attached hydrogens (tertiary/aromatic N) is 1. The second-order valence-electron chi connectivity index (χ2n) is 6.97. The zero-order chi connectivity index (χ0) is 15.3. The monoisotopic (exact) mass is 295 g/mol. The molecule has 3 aliphatic rings. The molecule has 21 heavy (non-hydrogen) atoms. The maximum absolute atomic E-state index is 12.5. The third-order valence-electron chi connectivity index (χ3n) is 5.47. The number of piperidine rings is 1. The van der Waals surface area contributed by atoms with Gasteiger partial charge in [0, 0.05) is 12.8 Å². The number of carboxylic acids is 1. The highest BCUT2D eigenvalue weighted by Gasteiger charge is 2.55. The van der Waals surface area contributed by atoms with E-state index in [1.807, 2.05) is 0 Å². The van der Waals surface area contributed by atoms with Crippen molar-refractivity contribution in [2.45, 2.75) is 51.5 Å². The van der Waals surface area contributed by atoms with Gasteiger partial charge in [-0.2, -0.15) is 0 Å². The average molecular weight is 295 g/mol. The Hall–Kier alpha value is -1.43. The zero-order valence-corrected chi connectivity index (χ0v) is 12.3. The van der Waals surface area contributed by atoms with Gasteiger partial charge in [-0.25, -0.2) is 0 Å². The normalized spacial score (nSPS) is 35.7. The van der Waals surface area contributed by atoms with Crippen LogP contribution in [0.15, 0.2) is 0 Å². The van der Waals surface area contributed by atoms with Crippen LogP contribution in [-0.2, 0) is 19.1 Å². The summed E-state index contributed by atoms with van der Waals surface area (Å²) in [4.78, 5) is 37.7. The van der Waals surface area contributed by atoms with Crippen LogP contribution in [0.4, 0.5) is 0 Å². The molecule has 3 fully saturated rings. The Morgan fingerprint density at radius 1 is 1.24 bits per heavy atom. The maximum Gasteiger partial charge on any atom is 0.313 e. The molecular weight excluding hydrogens is 274 g/mol. The second-order valence-corrected chi connectivity index (χ2v) is 6.97. The molecule has 0 bridgehead atoms. The quantitative estimate of drug-likeness (QED) is 0.773. The van der Waals surface area contributed by atoms with Crippen LogP contribution in [0.2, 0.25) is 0 Å². The molecule has 2 amide bonds. The summed E-state index contributed by atoms with van der Waals surface area (Å²) < 4.78 is 5.27. The Morgan fingerprint density at radius 2 is 1.81 bits per heavy atom. The molecule has 6 nitrogen and oxygen atoms in total. The van der Waals surface area contributed by atoms with Crippen molar-refractivity contribution in [2.75, 3.05) is 13.2 Å². The van der Waals surface area contributed by atoms with Gasteiger partial charge in [0.25, 0.3) is 0 Å². The van der Waals surface area contributed by atoms with Gasteiger partial charge in [0.15, 0.2) is 0 Å². The summed E-state index contributed by atoms with van der Waals surface area (Å²) in [5.74, 6) is -1.47. The SMILES string of the molecule is CC1(C(=O)O)COCC1N1C(=O)CC2(CCCC2)CC1=O. The minimum absolute atomic E-state index is 0.0369. The molecule has 2 heterocycles. The summed E-state index contributed by atoms with van der Waals surface area (Å²) in [7, 11) is 0. The lowest BCUT2D eigenvalue weighted by molar-refractivity contribution is -0.162. The Morgan fingerprint density at radius 3 is 2.33 bits per heavy atom. The summed E-state index contributed by atoms with van der Waals surface area (Å²) in [6, 6.07) is -0.686. The van der Waals surface area contributed by atoms with Crippen molar-refractivity contribution < 1.29 is 24.2 Å². The first kappa shape index (κ1) is 14.5. The fourth-order valence-electron chi connectivity index (χ4n) is 4.07. The summed E-state index contributed by atoms with van der Waals surface area (Å²) >= 11 is 0. The van der Waals surface area contributed by atoms with E-state index >= 15 is 0 Å². The number of ether oxygens (including phenoxy) is 1. The van der Waals surface area contributed by atoms with Gasteiger partial charge in [-0.15, -0.1) is 0 Å². The van der Waals surface area contributed by atoms with Crippen molar-refractivity contribution in [3.63, 3.8) is 0 Å². The average Bonchev–Trinajstić information content (AvgIpc) is 2.98. The number of rotatable bonds is 2. The molecule has 2 saturated heterocycles. The van der Waals surface area contributed by atoms with Gasteiger partial charge in [-0.1, -0.05) is 12.8 Å². The van der Waals surface area contributed by atoms with E-state index in [1.54, 1.807) is 6.92 Å². The Balaban J connectivity index is 1.85. The topological polar surface area (TPSA) is 83.9 Å². The summed E-state index contributed by atoms with van der Waals surface area (Å²) in [5.41, 5.74) is -1.37. The number of hydrogen-bond acceptors (Lipinski definition) is 4. The molecule has 1 saturated carbocycles. The highest BCUT2D eigenvalue weighted by atomic mass is 16.5. The molecule has 0 aromatic heterocycles. The largest absolute Gasteiger partial charge is 0.481 e. The van der Waals surface area contributed by atoms with Crippen molar-refractivity contribution in [3.05, 3.63) is 0 Å². The molecule has 1 aliphatic carbocycles. The standard InChI is InChI=1S/C15H21NO5/c1-14(13(19)20)9-21-8-10(14)16-11(17)6-15(7-12(16)18)4-2-3-5-15/h10H,2-9H2,1H3,(H,19,20). The van der Waals surface area contributed by atoms with E-state index in [0.29, 0.717) is 12.8 Å². The summed E-state index contributed by atoms with van der Waals surface area (Å²) in [5, 5.41) is 9.42. The molecule has 0 radical (unpaired) electrons. The summed E-state index contributed by atoms with van der Waals surface area (Å²) in [6.07, 6.45) is 4.72. The van der Waals surface area contributed by atoms with E-state index in [4.69, 9.17) is 4.74 Å². The first-order valence-corrected chi connectivity index (χ1v) is 7.54. The minimum atomic E-state index is -1.20. The predicted octanol–water partition coefficient (Wildman–Crippen LogP) is 1.19. The van der Waals surface area contributed by atoms with Crippen molar-refractivity contribution in [1.82, 2.24) is 4.90 Å². The zero-order valence-electron chi connectivity index (χ0n) is 12.3. The molecular formula is C15H21NO5. The van der Waals surface area contributed by atoms with Gasteiger partial charge in [0.1, 0.15) is 5.41 Å². The lowest BCUT2D eigenvalue weighted by atomic mass is 9.74. The predicted molar refractivity (Wildman–Crippen MR) is 72.3 cm³/mol. The molecule has 1 N–H and O–H groups in total. The summed E-state index contributed by atoms with van der Waals surface area (Å²) in [6.45, 7) is 1.70. The van der Waals surface area contributed by atoms with Crippen LogP contribution in [0, 0.1) is 10.8 Å². The van der Waals surface area contributed by atoms with Crippen molar-refractivity contribution in [3.8, 4) is 0 Å². The number of likely N-dealkylation sites (tertiary alicyclic amines) is 1. The van der Waals surface area contributed by atoms with Crippen molar-refractivity contribution in [2.24, 2.45) is 10.8 Å². The van der Waals surface area contributed by atoms with Gasteiger partial charge in [0.05, 0.1) is 19.3 Å². The second kappa shape index (κ2) is 4.80. The van der Waals surface area contributed by atoms with E-state index in [2.05, 4.69) is 0 Å². The van der Waals surface area contributed by atoms with Crippen LogP contribution in [0.25, 0.3) is 0 Å². The van der Waals surface area contributed by atoms with Crippen LogP contribution in [-0.4, -0.2) is 47.0 Å². The highest BCUT2D eigenvalue weighted by Crippen LogP contribution is 2.48. The lowest BCUT2D eigenvalue weighted by Gasteiger charge is -2.42. The molecule has 2 atom stereocenters. The number of carbonyl (C=O) groups excluding carboxylic acids is 2. The third-order valence-corrected chi connectivity index (χ3v) is 5.47. The van der Waals surface area contributed by atoms with Crippen LogP contribution in [0.5, 0.6) is 0 Å². The van der Waals surface area contributed by atoms with Gasteiger partial charge < -0.3 is 9.84 Å². The number of carboxylic acid groups (broad SMARTS) is 1. The molecule has 0 aromatic carbocycles. The first-order chi connectivity index (χ1) is 9.88. The smallest absolute Gasteiger partial charge is 0.313 e. The Kier molecular flexibility index (Phi) is 3.31. The van der Waals surface area contributed by atoms with E-state index in [0.717, 1.165) is 25.7 Å². The lowest BCUT2D eigenvalue weighted by Crippen LogP contribution is -2.58. The van der Waals surface area contributed by atoms with Gasteiger partial charge in [-0.05, 0) is 25.2 Å². The van der Waals surface area contributed by atoms with E-state index in [-0.39, 0.29) is 30.4 Å². The highest BCUT2D eigenvalue weighted by molar-refractivity contribution is 5.99. The van der Waals surface area contributed by atoms with Crippen LogP contribution < -0.4 is 0 Å². The Bertz CT molecular complexity index is 476. The fraction of sp³-hybridized carbons (Fsp3) is 0.800. The number of imide groups is 1. The first-order valence-electron chi connectivity index (χ1n) is 7.54. The fourth-order valence-corrected chi connectivity index (χ4v) is 4.07. The van der Waals surface area contributed by atoms with Crippen LogP contribution >= 0.6 is 0 Å². The van der Waals surface area contributed by atoms with Crippen LogP contribution in [0.1, 0.15) is 45.4 Å². The van der Waals surface area contributed by atoms with Crippen molar-refractivity contribution in [1.29, 1.82) is 0 Å². The van der Waals surface area contributed by atoms with Gasteiger partial charge >= 0.3 is 5.97 Å². The van der Waals surface area contributed by atoms with E-state index in [9.17, 15) is 19.5 Å². The molecule has 116 valence electrons. The third kappa shape index (κ3) is 2.16. The molecule has 1 spiro atoms. The number of amides is 2. The molecule has 6 heteroatoms. The van der Waals surface area contributed by atoms with E-state index in [1.165, 1.54) is 4.90 Å². The maximum atomic E-state index is 12.5. The number of aliphatic carboxylic acids is 1. The number of carbonyl (C=O) groups is 3. The number of hydrogen-bond donors (Lipinski definition) is 1. The molecule has 2 unspecified atom stereocenters. The van der Waals surface area contributed by atoms with Crippen molar-refractivity contribution >= 4 is 17.8 Å². The van der Waals surface area contributed by atoms with Crippen LogP contribution in [0.3, 0.4) is 0 Å².